The first-order chi connectivity index (χ1) is 20.7. The van der Waals surface area contributed by atoms with E-state index in [1.165, 1.54) is 41.5 Å². The molecule has 0 spiro atoms. The van der Waals surface area contributed by atoms with Crippen LogP contribution in [0.1, 0.15) is 35.1 Å². The molecule has 3 heterocycles. The predicted molar refractivity (Wildman–Crippen MR) is 150 cm³/mol. The quantitative estimate of drug-likeness (QED) is 0.223. The number of halogens is 5. The number of imidazole rings is 1. The number of aliphatic carboxylic acids is 1. The number of aryl methyl sites for hydroxylation is 1. The highest BCUT2D eigenvalue weighted by Crippen LogP contribution is 2.31. The Labute approximate surface area is 247 Å². The first-order valence-corrected chi connectivity index (χ1v) is 13.2. The average Bonchev–Trinajstić information content (AvgIpc) is 3.44. The van der Waals surface area contributed by atoms with Gasteiger partial charge < -0.3 is 29.4 Å². The Hall–Kier alpha value is -4.95. The van der Waals surface area contributed by atoms with E-state index >= 15 is 0 Å². The van der Waals surface area contributed by atoms with Crippen LogP contribution in [0.3, 0.4) is 0 Å². The molecule has 4 aromatic rings. The summed E-state index contributed by atoms with van der Waals surface area (Å²) in [6.07, 6.45) is -2.55. The molecule has 234 valence electrons. The molecule has 4 rings (SSSR count). The van der Waals surface area contributed by atoms with Crippen molar-refractivity contribution in [3.8, 4) is 16.9 Å². The summed E-state index contributed by atoms with van der Waals surface area (Å²) in [4.78, 5) is 42.4. The molecule has 0 saturated carbocycles. The van der Waals surface area contributed by atoms with E-state index in [-0.39, 0.29) is 23.2 Å². The van der Waals surface area contributed by atoms with Gasteiger partial charge in [-0.25, -0.2) is 18.6 Å². The van der Waals surface area contributed by atoms with E-state index in [1.54, 1.807) is 26.1 Å². The second kappa shape index (κ2) is 12.3. The highest BCUT2D eigenvalue weighted by atomic mass is 19.4. The number of anilines is 1. The molecule has 3 N–H and O–H groups in total. The maximum Gasteiger partial charge on any atom is 0.408 e. The number of aromatic nitrogens is 3. The van der Waals surface area contributed by atoms with Gasteiger partial charge in [0, 0.05) is 54.6 Å². The fourth-order valence-electron chi connectivity index (χ4n) is 4.76. The van der Waals surface area contributed by atoms with Crippen molar-refractivity contribution in [3.63, 3.8) is 0 Å². The summed E-state index contributed by atoms with van der Waals surface area (Å²) in [7, 11) is 3.01. The lowest BCUT2D eigenvalue weighted by Gasteiger charge is -2.22. The Bertz CT molecular complexity index is 1780. The molecule has 0 radical (unpaired) electrons. The third kappa shape index (κ3) is 6.21. The number of carbonyl (C=O) groups excluding carboxylic acids is 1. The fraction of sp³-hybridized carbons (Fsp3) is 0.310. The van der Waals surface area contributed by atoms with Crippen molar-refractivity contribution in [1.82, 2.24) is 19.3 Å². The molecule has 0 unspecified atom stereocenters. The Kier molecular flexibility index (Phi) is 8.97. The normalized spacial score (nSPS) is 13.0. The first kappa shape index (κ1) is 32.0. The van der Waals surface area contributed by atoms with Gasteiger partial charge in [-0.1, -0.05) is 6.92 Å². The van der Waals surface area contributed by atoms with E-state index in [0.29, 0.717) is 34.8 Å². The van der Waals surface area contributed by atoms with Gasteiger partial charge in [-0.15, -0.1) is 0 Å². The molecule has 2 atom stereocenters. The molecule has 0 aliphatic heterocycles. The Balaban J connectivity index is 1.64. The van der Waals surface area contributed by atoms with Crippen LogP contribution in [0.5, 0.6) is 5.75 Å². The van der Waals surface area contributed by atoms with Crippen molar-refractivity contribution in [2.45, 2.75) is 44.9 Å². The molecule has 0 aliphatic carbocycles. The molecular weight excluding hydrogens is 593 g/mol. The Morgan fingerprint density at radius 2 is 1.80 bits per heavy atom. The zero-order chi connectivity index (χ0) is 32.5. The fourth-order valence-corrected chi connectivity index (χ4v) is 4.76. The number of fused-ring (bicyclic) bond motifs is 1. The van der Waals surface area contributed by atoms with Gasteiger partial charge in [-0.05, 0) is 37.6 Å². The second-order valence-electron chi connectivity index (χ2n) is 9.98. The SMILES string of the molecule is CC[C@@H](Nc1cc(F)c(C(=O)N[C@@H](Cc2ccc(-c3c(OC)cc(C)n(C)c3=O)c3nccn23)C(=O)O)c(F)c1)C(F)(F)F. The van der Waals surface area contributed by atoms with Crippen LogP contribution in [0.25, 0.3) is 16.8 Å². The number of nitrogens with zero attached hydrogens (tertiary/aromatic N) is 3. The summed E-state index contributed by atoms with van der Waals surface area (Å²) in [5, 5.41) is 13.9. The van der Waals surface area contributed by atoms with Crippen LogP contribution in [-0.4, -0.2) is 56.3 Å². The highest BCUT2D eigenvalue weighted by Gasteiger charge is 2.38. The number of pyridine rings is 2. The van der Waals surface area contributed by atoms with Crippen LogP contribution in [0.15, 0.2) is 47.5 Å². The number of nitrogens with one attached hydrogen (secondary N) is 2. The maximum atomic E-state index is 14.8. The minimum atomic E-state index is -4.69. The molecule has 1 amide bonds. The second-order valence-corrected chi connectivity index (χ2v) is 9.98. The standard InChI is InChI=1S/C29H28F5N5O5/c1-5-22(29(32,33)34)36-15-11-18(30)24(19(31)12-15)26(40)37-20(28(42)43)13-16-6-7-17(25-35-8-9-39(16)25)23-21(44-4)10-14(2)38(3)27(23)41/h6-12,20,22,36H,5,13H2,1-4H3,(H,37,40)(H,42,43)/t20-,22+/m0/s1. The van der Waals surface area contributed by atoms with Gasteiger partial charge in [-0.3, -0.25) is 9.59 Å². The number of rotatable bonds is 10. The van der Waals surface area contributed by atoms with Crippen LogP contribution in [0.2, 0.25) is 0 Å². The molecule has 0 saturated heterocycles. The van der Waals surface area contributed by atoms with E-state index in [2.05, 4.69) is 10.3 Å². The van der Waals surface area contributed by atoms with Crippen molar-refractivity contribution >= 4 is 23.2 Å². The first-order valence-electron chi connectivity index (χ1n) is 13.2. The van der Waals surface area contributed by atoms with Crippen molar-refractivity contribution in [2.75, 3.05) is 12.4 Å². The number of hydrogen-bond acceptors (Lipinski definition) is 6. The summed E-state index contributed by atoms with van der Waals surface area (Å²) < 4.78 is 77.2. The molecule has 0 aliphatic rings. The van der Waals surface area contributed by atoms with E-state index in [4.69, 9.17) is 4.74 Å². The molecule has 1 aromatic carbocycles. The van der Waals surface area contributed by atoms with Gasteiger partial charge in [0.2, 0.25) is 0 Å². The third-order valence-electron chi connectivity index (χ3n) is 7.19. The minimum Gasteiger partial charge on any atom is -0.496 e. The summed E-state index contributed by atoms with van der Waals surface area (Å²) in [6.45, 7) is 2.97. The average molecular weight is 622 g/mol. The van der Waals surface area contributed by atoms with Crippen LogP contribution < -0.4 is 20.9 Å². The van der Waals surface area contributed by atoms with Crippen molar-refractivity contribution < 1.29 is 41.4 Å². The highest BCUT2D eigenvalue weighted by molar-refractivity contribution is 5.97. The van der Waals surface area contributed by atoms with E-state index < -0.39 is 59.4 Å². The van der Waals surface area contributed by atoms with Gasteiger partial charge in [0.25, 0.3) is 11.5 Å². The van der Waals surface area contributed by atoms with Gasteiger partial charge in [0.1, 0.15) is 40.7 Å². The van der Waals surface area contributed by atoms with Crippen molar-refractivity contribution in [2.24, 2.45) is 7.05 Å². The number of alkyl halides is 3. The largest absolute Gasteiger partial charge is 0.496 e. The van der Waals surface area contributed by atoms with Gasteiger partial charge in [0.05, 0.1) is 12.7 Å². The monoisotopic (exact) mass is 621 g/mol. The van der Waals surface area contributed by atoms with Crippen molar-refractivity contribution in [1.29, 1.82) is 0 Å². The van der Waals surface area contributed by atoms with Crippen LogP contribution in [0.4, 0.5) is 27.6 Å². The molecule has 0 bridgehead atoms. The minimum absolute atomic E-state index is 0.218. The number of carboxylic acids is 1. The Morgan fingerprint density at radius 1 is 1.14 bits per heavy atom. The number of ether oxygens (including phenoxy) is 1. The topological polar surface area (TPSA) is 127 Å². The zero-order valence-electron chi connectivity index (χ0n) is 23.9. The number of methoxy groups -OCH3 is 1. The predicted octanol–water partition coefficient (Wildman–Crippen LogP) is 4.47. The van der Waals surface area contributed by atoms with E-state index in [1.807, 2.05) is 5.32 Å². The zero-order valence-corrected chi connectivity index (χ0v) is 23.9. The van der Waals surface area contributed by atoms with Crippen LogP contribution in [0, 0.1) is 18.6 Å². The van der Waals surface area contributed by atoms with Crippen LogP contribution >= 0.6 is 0 Å². The summed E-state index contributed by atoms with van der Waals surface area (Å²) in [6, 6.07) is 2.02. The summed E-state index contributed by atoms with van der Waals surface area (Å²) >= 11 is 0. The smallest absolute Gasteiger partial charge is 0.408 e. The summed E-state index contributed by atoms with van der Waals surface area (Å²) in [5.74, 6) is -5.62. The van der Waals surface area contributed by atoms with Crippen LogP contribution in [-0.2, 0) is 18.3 Å². The van der Waals surface area contributed by atoms with Crippen molar-refractivity contribution in [3.05, 3.63) is 81.7 Å². The number of amides is 1. The van der Waals surface area contributed by atoms with E-state index in [0.717, 1.165) is 0 Å². The summed E-state index contributed by atoms with van der Waals surface area (Å²) in [5.41, 5.74) is -0.209. The maximum absolute atomic E-state index is 14.8. The van der Waals surface area contributed by atoms with E-state index in [9.17, 15) is 41.4 Å². The third-order valence-corrected chi connectivity index (χ3v) is 7.19. The number of carbonyl (C=O) groups is 2. The lowest BCUT2D eigenvalue weighted by atomic mass is 10.0. The molecular formula is C29H28F5N5O5. The molecule has 44 heavy (non-hydrogen) atoms. The molecule has 3 aromatic heterocycles. The Morgan fingerprint density at radius 3 is 2.36 bits per heavy atom. The molecule has 0 fully saturated rings. The lowest BCUT2D eigenvalue weighted by molar-refractivity contribution is -0.143. The number of benzene rings is 1. The number of carboxylic acid groups (broad SMARTS) is 1. The van der Waals surface area contributed by atoms with Gasteiger partial charge in [-0.2, -0.15) is 13.2 Å². The lowest BCUT2D eigenvalue weighted by Crippen LogP contribution is -2.43. The van der Waals surface area contributed by atoms with Gasteiger partial charge in [0.15, 0.2) is 0 Å². The molecule has 10 nitrogen and oxygen atoms in total. The molecule has 15 heteroatoms. The van der Waals surface area contributed by atoms with Gasteiger partial charge >= 0.3 is 12.1 Å². The number of hydrogen-bond donors (Lipinski definition) is 3.